The van der Waals surface area contributed by atoms with Gasteiger partial charge in [-0.2, -0.15) is 0 Å². The van der Waals surface area contributed by atoms with Crippen molar-refractivity contribution in [3.05, 3.63) is 28.7 Å². The average molecular weight is 395 g/mol. The molecule has 0 unspecified atom stereocenters. The van der Waals surface area contributed by atoms with Crippen LogP contribution in [0, 0.1) is 0 Å². The number of amides is 1. The fraction of sp³-hybridized carbons (Fsp3) is 0.250. The molecule has 8 nitrogen and oxygen atoms in total. The molecule has 2 N–H and O–H groups in total. The van der Waals surface area contributed by atoms with Gasteiger partial charge in [0.15, 0.2) is 11.5 Å². The highest BCUT2D eigenvalue weighted by molar-refractivity contribution is 8.26. The van der Waals surface area contributed by atoms with Gasteiger partial charge in [-0.25, -0.2) is 4.79 Å². The number of nitrogens with zero attached hydrogens (tertiary/aromatic N) is 1. The van der Waals surface area contributed by atoms with Crippen LogP contribution in [0.3, 0.4) is 0 Å². The van der Waals surface area contributed by atoms with Crippen LogP contribution in [0.15, 0.2) is 23.1 Å². The first kappa shape index (κ1) is 18.2. The second-order valence-corrected chi connectivity index (χ2v) is 7.08. The van der Waals surface area contributed by atoms with Crippen LogP contribution in [0.1, 0.15) is 12.0 Å². The number of rotatable bonds is 5. The Bertz CT molecular complexity index is 836. The molecular formula is C16H13NO7S2. The van der Waals surface area contributed by atoms with Crippen LogP contribution < -0.4 is 9.47 Å². The molecule has 10 heteroatoms. The van der Waals surface area contributed by atoms with Crippen molar-refractivity contribution >= 4 is 52.2 Å². The van der Waals surface area contributed by atoms with Gasteiger partial charge in [0.25, 0.3) is 5.91 Å². The Kier molecular flexibility index (Phi) is 5.14. The number of aliphatic carboxylic acids is 2. The molecule has 1 aromatic carbocycles. The van der Waals surface area contributed by atoms with E-state index in [-0.39, 0.29) is 9.23 Å². The maximum atomic E-state index is 12.6. The number of thiocarbonyl (C=S) groups is 1. The van der Waals surface area contributed by atoms with E-state index in [2.05, 4.69) is 0 Å². The molecule has 0 bridgehead atoms. The normalized spacial score (nSPS) is 18.9. The van der Waals surface area contributed by atoms with Crippen LogP contribution in [0.2, 0.25) is 0 Å². The van der Waals surface area contributed by atoms with E-state index < -0.39 is 30.3 Å². The molecule has 0 saturated carbocycles. The van der Waals surface area contributed by atoms with E-state index in [9.17, 15) is 19.5 Å². The topological polar surface area (TPSA) is 113 Å². The zero-order valence-electron chi connectivity index (χ0n) is 13.2. The van der Waals surface area contributed by atoms with Crippen molar-refractivity contribution in [2.75, 3.05) is 13.2 Å². The Balaban J connectivity index is 1.87. The Morgan fingerprint density at radius 2 is 1.96 bits per heavy atom. The van der Waals surface area contributed by atoms with Gasteiger partial charge in [-0.05, 0) is 23.8 Å². The predicted octanol–water partition coefficient (Wildman–Crippen LogP) is 1.59. The van der Waals surface area contributed by atoms with Crippen molar-refractivity contribution in [3.8, 4) is 11.5 Å². The second kappa shape index (κ2) is 7.34. The van der Waals surface area contributed by atoms with Gasteiger partial charge in [0, 0.05) is 0 Å². The summed E-state index contributed by atoms with van der Waals surface area (Å²) in [4.78, 5) is 35.9. The monoisotopic (exact) mass is 395 g/mol. The fourth-order valence-electron chi connectivity index (χ4n) is 2.50. The van der Waals surface area contributed by atoms with Gasteiger partial charge < -0.3 is 19.7 Å². The molecule has 2 aliphatic heterocycles. The Hall–Kier alpha value is -2.59. The molecule has 1 fully saturated rings. The van der Waals surface area contributed by atoms with Gasteiger partial charge in [-0.1, -0.05) is 30.0 Å². The van der Waals surface area contributed by atoms with Crippen molar-refractivity contribution in [3.63, 3.8) is 0 Å². The summed E-state index contributed by atoms with van der Waals surface area (Å²) >= 11 is 6.01. The number of carboxylic acids is 2. The number of hydrogen-bond acceptors (Lipinski definition) is 7. The number of benzene rings is 1. The number of ether oxygens (including phenoxy) is 2. The van der Waals surface area contributed by atoms with Gasteiger partial charge in [0.1, 0.15) is 23.6 Å². The first-order valence-corrected chi connectivity index (χ1v) is 8.70. The lowest BCUT2D eigenvalue weighted by Gasteiger charge is -2.21. The highest BCUT2D eigenvalue weighted by atomic mass is 32.2. The minimum atomic E-state index is -1.55. The maximum absolute atomic E-state index is 12.6. The summed E-state index contributed by atoms with van der Waals surface area (Å²) in [5.74, 6) is -2.24. The van der Waals surface area contributed by atoms with E-state index in [0.717, 1.165) is 16.7 Å². The molecule has 136 valence electrons. The molecule has 2 heterocycles. The lowest BCUT2D eigenvalue weighted by Crippen LogP contribution is -2.45. The summed E-state index contributed by atoms with van der Waals surface area (Å²) < 4.78 is 10.9. The highest BCUT2D eigenvalue weighted by Crippen LogP contribution is 2.36. The summed E-state index contributed by atoms with van der Waals surface area (Å²) in [6.07, 6.45) is 0.816. The summed E-state index contributed by atoms with van der Waals surface area (Å²) in [5, 5.41) is 18.1. The van der Waals surface area contributed by atoms with Crippen molar-refractivity contribution in [2.24, 2.45) is 0 Å². The Morgan fingerprint density at radius 3 is 2.62 bits per heavy atom. The predicted molar refractivity (Wildman–Crippen MR) is 96.1 cm³/mol. The van der Waals surface area contributed by atoms with Gasteiger partial charge in [0.2, 0.25) is 0 Å². The number of carboxylic acid groups (broad SMARTS) is 2. The molecule has 26 heavy (non-hydrogen) atoms. The molecule has 2 aliphatic rings. The Morgan fingerprint density at radius 1 is 1.27 bits per heavy atom. The third-order valence-corrected chi connectivity index (χ3v) is 4.98. The summed E-state index contributed by atoms with van der Waals surface area (Å²) in [7, 11) is 0. The van der Waals surface area contributed by atoms with E-state index in [0.29, 0.717) is 30.3 Å². The lowest BCUT2D eigenvalue weighted by atomic mass is 10.1. The number of fused-ring (bicyclic) bond motifs is 1. The third-order valence-electron chi connectivity index (χ3n) is 3.65. The minimum Gasteiger partial charge on any atom is -0.486 e. The van der Waals surface area contributed by atoms with Crippen LogP contribution in [0.5, 0.6) is 11.5 Å². The zero-order chi connectivity index (χ0) is 18.8. The summed E-state index contributed by atoms with van der Waals surface area (Å²) in [6.45, 7) is 0.888. The second-order valence-electron chi connectivity index (χ2n) is 5.41. The largest absolute Gasteiger partial charge is 0.486 e. The molecule has 0 aliphatic carbocycles. The van der Waals surface area contributed by atoms with Crippen molar-refractivity contribution in [1.29, 1.82) is 0 Å². The van der Waals surface area contributed by atoms with E-state index in [1.54, 1.807) is 24.3 Å². The number of thioether (sulfide) groups is 1. The molecule has 1 amide bonds. The first-order chi connectivity index (χ1) is 12.4. The molecular weight excluding hydrogens is 382 g/mol. The smallest absolute Gasteiger partial charge is 0.327 e. The fourth-order valence-corrected chi connectivity index (χ4v) is 3.86. The molecule has 0 radical (unpaired) electrons. The van der Waals surface area contributed by atoms with Crippen LogP contribution >= 0.6 is 24.0 Å². The number of carbonyl (C=O) groups excluding carboxylic acids is 1. The van der Waals surface area contributed by atoms with E-state index >= 15 is 0 Å². The minimum absolute atomic E-state index is 0.00689. The molecule has 3 rings (SSSR count). The molecule has 1 aromatic rings. The van der Waals surface area contributed by atoms with E-state index in [1.807, 2.05) is 0 Å². The SMILES string of the molecule is O=C(O)C[C@H](C(=O)O)N1C(=O)/C(=C/c2ccc3c(c2)OCCO3)SC1=S. The van der Waals surface area contributed by atoms with Gasteiger partial charge in [-0.15, -0.1) is 0 Å². The summed E-state index contributed by atoms with van der Waals surface area (Å²) in [6, 6.07) is 3.59. The molecule has 0 spiro atoms. The zero-order valence-corrected chi connectivity index (χ0v) is 14.8. The van der Waals surface area contributed by atoms with Crippen LogP contribution in [-0.4, -0.2) is 56.5 Å². The molecule has 0 aromatic heterocycles. The standard InChI is InChI=1S/C16H13NO7S2/c18-13(19)7-9(15(21)22)17-14(20)12(26-16(17)25)6-8-1-2-10-11(5-8)24-4-3-23-10/h1-2,5-6,9H,3-4,7H2,(H,18,19)(H,21,22)/b12-6-/t9-/m1/s1. The van der Waals surface area contributed by atoms with Gasteiger partial charge >= 0.3 is 11.9 Å². The van der Waals surface area contributed by atoms with Crippen LogP contribution in [-0.2, 0) is 14.4 Å². The third kappa shape index (κ3) is 3.65. The van der Waals surface area contributed by atoms with Gasteiger partial charge in [-0.3, -0.25) is 14.5 Å². The van der Waals surface area contributed by atoms with Crippen molar-refractivity contribution in [1.82, 2.24) is 4.90 Å². The summed E-state index contributed by atoms with van der Waals surface area (Å²) in [5.41, 5.74) is 0.653. The number of carbonyl (C=O) groups is 3. The van der Waals surface area contributed by atoms with E-state index in [4.69, 9.17) is 26.8 Å². The van der Waals surface area contributed by atoms with Crippen LogP contribution in [0.25, 0.3) is 6.08 Å². The Labute approximate surface area is 157 Å². The quantitative estimate of drug-likeness (QED) is 0.567. The maximum Gasteiger partial charge on any atom is 0.327 e. The number of hydrogen-bond donors (Lipinski definition) is 2. The molecule has 1 saturated heterocycles. The van der Waals surface area contributed by atoms with Gasteiger partial charge in [0.05, 0.1) is 11.3 Å². The van der Waals surface area contributed by atoms with Crippen LogP contribution in [0.4, 0.5) is 0 Å². The molecule has 1 atom stereocenters. The highest BCUT2D eigenvalue weighted by Gasteiger charge is 2.41. The van der Waals surface area contributed by atoms with Crippen molar-refractivity contribution in [2.45, 2.75) is 12.5 Å². The first-order valence-electron chi connectivity index (χ1n) is 7.48. The van der Waals surface area contributed by atoms with E-state index in [1.165, 1.54) is 0 Å². The average Bonchev–Trinajstić information content (AvgIpc) is 2.86. The van der Waals surface area contributed by atoms with Crippen molar-refractivity contribution < 1.29 is 34.1 Å². The lowest BCUT2D eigenvalue weighted by molar-refractivity contribution is -0.150.